The topological polar surface area (TPSA) is 44.1 Å². The molecule has 4 heteroatoms. The average molecular weight is 195 g/mol. The first-order valence-electron chi connectivity index (χ1n) is 4.79. The van der Waals surface area contributed by atoms with Crippen LogP contribution >= 0.6 is 0 Å². The Labute approximate surface area is 83.9 Å². The highest BCUT2D eigenvalue weighted by Gasteiger charge is 2.03. The second-order valence-electron chi connectivity index (χ2n) is 3.08. The van der Waals surface area contributed by atoms with Crippen LogP contribution in [0.3, 0.4) is 0 Å². The predicted molar refractivity (Wildman–Crippen MR) is 51.7 cm³/mol. The van der Waals surface area contributed by atoms with Crippen molar-refractivity contribution in [1.29, 1.82) is 0 Å². The van der Waals surface area contributed by atoms with Gasteiger partial charge in [0.2, 0.25) is 0 Å². The van der Waals surface area contributed by atoms with Crippen molar-refractivity contribution in [2.24, 2.45) is 0 Å². The van der Waals surface area contributed by atoms with Crippen LogP contribution in [0.15, 0.2) is 6.20 Å². The summed E-state index contributed by atoms with van der Waals surface area (Å²) in [5.74, 6) is 0.716. The fourth-order valence-corrected chi connectivity index (χ4v) is 1.08. The molecular weight excluding hydrogens is 180 g/mol. The van der Waals surface area contributed by atoms with Crippen LogP contribution in [0.2, 0.25) is 0 Å². The van der Waals surface area contributed by atoms with E-state index >= 15 is 0 Å². The number of imidazole rings is 1. The molecule has 4 nitrogen and oxygen atoms in total. The van der Waals surface area contributed by atoms with E-state index in [0.29, 0.717) is 19.6 Å². The molecule has 1 aromatic heterocycles. The molecule has 0 fully saturated rings. The number of aryl methyl sites for hydroxylation is 2. The van der Waals surface area contributed by atoms with Gasteiger partial charge in [-0.3, -0.25) is 4.79 Å². The van der Waals surface area contributed by atoms with Crippen molar-refractivity contribution in [1.82, 2.24) is 9.55 Å². The molecule has 1 radical (unpaired) electrons. The summed E-state index contributed by atoms with van der Waals surface area (Å²) in [6.07, 6.45) is 5.72. The van der Waals surface area contributed by atoms with E-state index < -0.39 is 0 Å². The zero-order valence-electron chi connectivity index (χ0n) is 8.62. The van der Waals surface area contributed by atoms with Gasteiger partial charge < -0.3 is 9.30 Å². The lowest BCUT2D eigenvalue weighted by Crippen LogP contribution is -2.10. The summed E-state index contributed by atoms with van der Waals surface area (Å²) in [5.41, 5.74) is 0. The molecule has 0 aliphatic carbocycles. The minimum atomic E-state index is -0.153. The van der Waals surface area contributed by atoms with Gasteiger partial charge in [0.15, 0.2) is 0 Å². The van der Waals surface area contributed by atoms with Crippen molar-refractivity contribution in [3.63, 3.8) is 0 Å². The fraction of sp³-hybridized carbons (Fsp3) is 0.600. The molecule has 77 valence electrons. The Morgan fingerprint density at radius 1 is 1.71 bits per heavy atom. The maximum Gasteiger partial charge on any atom is 0.307 e. The number of esters is 1. The van der Waals surface area contributed by atoms with Crippen LogP contribution in [0.1, 0.15) is 25.6 Å². The second kappa shape index (κ2) is 5.42. The van der Waals surface area contributed by atoms with Gasteiger partial charge in [-0.05, 0) is 13.3 Å². The van der Waals surface area contributed by atoms with Crippen LogP contribution in [0.5, 0.6) is 0 Å². The maximum absolute atomic E-state index is 11.1. The molecule has 0 aliphatic heterocycles. The van der Waals surface area contributed by atoms with E-state index in [1.54, 1.807) is 6.20 Å². The first-order chi connectivity index (χ1) is 6.74. The fourth-order valence-electron chi connectivity index (χ4n) is 1.08. The molecule has 0 saturated heterocycles. The largest absolute Gasteiger partial charge is 0.466 e. The monoisotopic (exact) mass is 195 g/mol. The highest BCUT2D eigenvalue weighted by Crippen LogP contribution is 1.98. The van der Waals surface area contributed by atoms with Gasteiger partial charge in [0.25, 0.3) is 0 Å². The van der Waals surface area contributed by atoms with E-state index in [9.17, 15) is 4.79 Å². The van der Waals surface area contributed by atoms with E-state index in [2.05, 4.69) is 11.2 Å². The lowest BCUT2D eigenvalue weighted by molar-refractivity contribution is -0.143. The third-order valence-electron chi connectivity index (χ3n) is 1.88. The zero-order valence-corrected chi connectivity index (χ0v) is 8.62. The standard InChI is InChI=1S/C10H15N2O2/c1-3-8-14-10(13)4-6-12-7-5-11-9(12)2/h7H,3-4,6,8H2,1-2H3. The Hall–Kier alpha value is -1.32. The Balaban J connectivity index is 2.27. The van der Waals surface area contributed by atoms with Gasteiger partial charge in [0.05, 0.1) is 13.0 Å². The Kier molecular flexibility index (Phi) is 4.16. The molecule has 0 amide bonds. The highest BCUT2D eigenvalue weighted by molar-refractivity contribution is 5.69. The van der Waals surface area contributed by atoms with E-state index in [1.165, 1.54) is 0 Å². The summed E-state index contributed by atoms with van der Waals surface area (Å²) in [5, 5.41) is 0. The van der Waals surface area contributed by atoms with Crippen molar-refractivity contribution in [2.75, 3.05) is 6.61 Å². The number of carbonyl (C=O) groups excluding carboxylic acids is 1. The number of carbonyl (C=O) groups is 1. The smallest absolute Gasteiger partial charge is 0.307 e. The molecule has 14 heavy (non-hydrogen) atoms. The molecule has 0 spiro atoms. The lowest BCUT2D eigenvalue weighted by atomic mass is 10.4. The molecule has 0 aliphatic rings. The molecule has 0 aromatic carbocycles. The van der Waals surface area contributed by atoms with Crippen molar-refractivity contribution >= 4 is 5.97 Å². The first kappa shape index (κ1) is 10.8. The van der Waals surface area contributed by atoms with Gasteiger partial charge in [-0.1, -0.05) is 6.92 Å². The molecule has 0 saturated carbocycles. The summed E-state index contributed by atoms with van der Waals surface area (Å²) in [6.45, 7) is 4.98. The molecule has 1 aromatic rings. The quantitative estimate of drug-likeness (QED) is 0.666. The van der Waals surface area contributed by atoms with Gasteiger partial charge in [-0.2, -0.15) is 0 Å². The number of rotatable bonds is 5. The van der Waals surface area contributed by atoms with E-state index in [1.807, 2.05) is 18.4 Å². The van der Waals surface area contributed by atoms with Crippen LogP contribution in [0, 0.1) is 13.1 Å². The number of ether oxygens (including phenoxy) is 1. The van der Waals surface area contributed by atoms with Crippen molar-refractivity contribution < 1.29 is 9.53 Å². The molecular formula is C10H15N2O2. The SMILES string of the molecule is CCCOC(=O)CCn1c[c]nc1C. The van der Waals surface area contributed by atoms with Crippen LogP contribution in [0.25, 0.3) is 0 Å². The third kappa shape index (κ3) is 3.20. The van der Waals surface area contributed by atoms with E-state index in [-0.39, 0.29) is 5.97 Å². The molecule has 1 rings (SSSR count). The van der Waals surface area contributed by atoms with Gasteiger partial charge in [-0.25, -0.2) is 4.98 Å². The van der Waals surface area contributed by atoms with E-state index in [4.69, 9.17) is 4.74 Å². The minimum Gasteiger partial charge on any atom is -0.466 e. The van der Waals surface area contributed by atoms with E-state index in [0.717, 1.165) is 12.2 Å². The summed E-state index contributed by atoms with van der Waals surface area (Å²) >= 11 is 0. The van der Waals surface area contributed by atoms with Gasteiger partial charge in [-0.15, -0.1) is 0 Å². The normalized spacial score (nSPS) is 10.1. The van der Waals surface area contributed by atoms with Crippen LogP contribution in [-0.2, 0) is 16.1 Å². The van der Waals surface area contributed by atoms with Gasteiger partial charge >= 0.3 is 5.97 Å². The molecule has 0 bridgehead atoms. The molecule has 0 atom stereocenters. The number of nitrogens with zero attached hydrogens (tertiary/aromatic N) is 2. The van der Waals surface area contributed by atoms with Crippen molar-refractivity contribution in [3.05, 3.63) is 18.2 Å². The van der Waals surface area contributed by atoms with Crippen LogP contribution in [0.4, 0.5) is 0 Å². The summed E-state index contributed by atoms with van der Waals surface area (Å²) in [7, 11) is 0. The minimum absolute atomic E-state index is 0.153. The lowest BCUT2D eigenvalue weighted by Gasteiger charge is -2.04. The summed E-state index contributed by atoms with van der Waals surface area (Å²) in [4.78, 5) is 15.1. The summed E-state index contributed by atoms with van der Waals surface area (Å²) < 4.78 is 6.83. The number of hydrogen-bond donors (Lipinski definition) is 0. The Bertz CT molecular complexity index is 294. The van der Waals surface area contributed by atoms with Crippen molar-refractivity contribution in [3.8, 4) is 0 Å². The maximum atomic E-state index is 11.1. The predicted octanol–water partition coefficient (Wildman–Crippen LogP) is 1.34. The van der Waals surface area contributed by atoms with Crippen LogP contribution < -0.4 is 0 Å². The number of aromatic nitrogens is 2. The first-order valence-corrected chi connectivity index (χ1v) is 4.79. The molecule has 1 heterocycles. The van der Waals surface area contributed by atoms with Gasteiger partial charge in [0.1, 0.15) is 12.0 Å². The zero-order chi connectivity index (χ0) is 10.4. The highest BCUT2D eigenvalue weighted by atomic mass is 16.5. The van der Waals surface area contributed by atoms with Gasteiger partial charge in [0, 0.05) is 12.7 Å². The molecule has 0 N–H and O–H groups in total. The van der Waals surface area contributed by atoms with Crippen LogP contribution in [-0.4, -0.2) is 22.1 Å². The third-order valence-corrected chi connectivity index (χ3v) is 1.88. The Morgan fingerprint density at radius 2 is 2.50 bits per heavy atom. The van der Waals surface area contributed by atoms with Crippen molar-refractivity contribution in [2.45, 2.75) is 33.2 Å². The Morgan fingerprint density at radius 3 is 3.07 bits per heavy atom. The average Bonchev–Trinajstić information content (AvgIpc) is 2.58. The molecule has 0 unspecified atom stereocenters. The number of hydrogen-bond acceptors (Lipinski definition) is 3. The summed E-state index contributed by atoms with van der Waals surface area (Å²) in [6, 6.07) is 0. The second-order valence-corrected chi connectivity index (χ2v) is 3.08.